The van der Waals surface area contributed by atoms with Crippen LogP contribution in [0.15, 0.2) is 24.3 Å². The minimum absolute atomic E-state index is 0.0259. The monoisotopic (exact) mass is 288 g/mol. The van der Waals surface area contributed by atoms with Crippen LogP contribution in [0.3, 0.4) is 0 Å². The maximum absolute atomic E-state index is 12.2. The van der Waals surface area contributed by atoms with Gasteiger partial charge in [-0.25, -0.2) is 0 Å². The Morgan fingerprint density at radius 2 is 1.67 bits per heavy atom. The molecule has 0 spiro atoms. The molecule has 0 saturated carbocycles. The van der Waals surface area contributed by atoms with Gasteiger partial charge in [0, 0.05) is 6.54 Å². The van der Waals surface area contributed by atoms with Gasteiger partial charge in [0.2, 0.25) is 11.8 Å². The molecule has 1 fully saturated rings. The predicted octanol–water partition coefficient (Wildman–Crippen LogP) is 2.22. The van der Waals surface area contributed by atoms with Gasteiger partial charge in [-0.2, -0.15) is 0 Å². The summed E-state index contributed by atoms with van der Waals surface area (Å²) in [6.45, 7) is 10.5. The molecule has 1 heterocycles. The van der Waals surface area contributed by atoms with Crippen molar-refractivity contribution in [3.63, 3.8) is 0 Å². The highest BCUT2D eigenvalue weighted by atomic mass is 16.2. The van der Waals surface area contributed by atoms with Gasteiger partial charge in [-0.15, -0.1) is 0 Å². The van der Waals surface area contributed by atoms with Crippen LogP contribution in [0.25, 0.3) is 0 Å². The first kappa shape index (κ1) is 15.5. The van der Waals surface area contributed by atoms with Crippen molar-refractivity contribution in [2.24, 2.45) is 0 Å². The number of hydrogen-bond acceptors (Lipinski definition) is 2. The summed E-state index contributed by atoms with van der Waals surface area (Å²) in [7, 11) is 0. The van der Waals surface area contributed by atoms with Gasteiger partial charge in [0.1, 0.15) is 12.1 Å². The van der Waals surface area contributed by atoms with Crippen molar-refractivity contribution in [3.8, 4) is 0 Å². The second-order valence-electron chi connectivity index (χ2n) is 6.82. The fourth-order valence-electron chi connectivity index (χ4n) is 2.50. The van der Waals surface area contributed by atoms with Crippen LogP contribution in [0.5, 0.6) is 0 Å². The van der Waals surface area contributed by atoms with Crippen molar-refractivity contribution < 1.29 is 9.59 Å². The van der Waals surface area contributed by atoms with E-state index in [1.807, 2.05) is 12.1 Å². The van der Waals surface area contributed by atoms with Gasteiger partial charge in [0.05, 0.1) is 0 Å². The van der Waals surface area contributed by atoms with Gasteiger partial charge in [-0.05, 0) is 30.4 Å². The number of hydrogen-bond donors (Lipinski definition) is 1. The van der Waals surface area contributed by atoms with E-state index < -0.39 is 12.1 Å². The van der Waals surface area contributed by atoms with Gasteiger partial charge < -0.3 is 10.2 Å². The fraction of sp³-hybridized carbons (Fsp3) is 0.529. The first-order chi connectivity index (χ1) is 9.70. The van der Waals surface area contributed by atoms with Crippen LogP contribution >= 0.6 is 0 Å². The molecule has 1 aliphatic rings. The average molecular weight is 288 g/mol. The Kier molecular flexibility index (Phi) is 4.08. The third-order valence-electron chi connectivity index (χ3n) is 4.03. The van der Waals surface area contributed by atoms with E-state index in [-0.39, 0.29) is 17.2 Å². The normalized spacial score (nSPS) is 23.2. The number of nitrogens with zero attached hydrogens (tertiary/aromatic N) is 1. The Bertz CT molecular complexity index is 543. The van der Waals surface area contributed by atoms with Gasteiger partial charge in [-0.1, -0.05) is 45.0 Å². The molecule has 2 atom stereocenters. The van der Waals surface area contributed by atoms with Gasteiger partial charge >= 0.3 is 0 Å². The fourth-order valence-corrected chi connectivity index (χ4v) is 2.50. The molecule has 4 heteroatoms. The summed E-state index contributed by atoms with van der Waals surface area (Å²) >= 11 is 0. The van der Waals surface area contributed by atoms with Crippen molar-refractivity contribution in [2.45, 2.75) is 58.7 Å². The van der Waals surface area contributed by atoms with Crippen LogP contribution in [0.2, 0.25) is 0 Å². The van der Waals surface area contributed by atoms with Crippen molar-refractivity contribution in [1.82, 2.24) is 10.2 Å². The molecule has 1 aromatic rings. The standard InChI is InChI=1S/C17H24N2O2/c1-11-16(21)19(12(2)15(20)18-11)10-13-6-8-14(9-7-13)17(3,4)5/h6-9,11-12H,10H2,1-5H3,(H,18,20). The number of carbonyl (C=O) groups excluding carboxylic acids is 2. The topological polar surface area (TPSA) is 49.4 Å². The van der Waals surface area contributed by atoms with Crippen LogP contribution < -0.4 is 5.32 Å². The summed E-state index contributed by atoms with van der Waals surface area (Å²) in [5, 5.41) is 2.69. The van der Waals surface area contributed by atoms with Crippen molar-refractivity contribution >= 4 is 11.8 Å². The second kappa shape index (κ2) is 5.51. The molecule has 1 N–H and O–H groups in total. The third-order valence-corrected chi connectivity index (χ3v) is 4.03. The van der Waals surface area contributed by atoms with E-state index in [9.17, 15) is 9.59 Å². The maximum Gasteiger partial charge on any atom is 0.245 e. The molecule has 21 heavy (non-hydrogen) atoms. The van der Waals surface area contributed by atoms with Crippen LogP contribution in [-0.2, 0) is 21.5 Å². The van der Waals surface area contributed by atoms with Crippen molar-refractivity contribution in [3.05, 3.63) is 35.4 Å². The molecule has 1 saturated heterocycles. The zero-order valence-electron chi connectivity index (χ0n) is 13.4. The number of amides is 2. The molecule has 0 bridgehead atoms. The molecule has 1 aromatic carbocycles. The minimum Gasteiger partial charge on any atom is -0.343 e. The number of benzene rings is 1. The van der Waals surface area contributed by atoms with Gasteiger partial charge in [0.15, 0.2) is 0 Å². The van der Waals surface area contributed by atoms with E-state index in [1.54, 1.807) is 18.7 Å². The lowest BCUT2D eigenvalue weighted by Crippen LogP contribution is -2.60. The van der Waals surface area contributed by atoms with Gasteiger partial charge in [0.25, 0.3) is 0 Å². The molecule has 0 aliphatic carbocycles. The van der Waals surface area contributed by atoms with E-state index in [1.165, 1.54) is 5.56 Å². The van der Waals surface area contributed by atoms with E-state index in [4.69, 9.17) is 0 Å². The summed E-state index contributed by atoms with van der Waals surface area (Å²) in [4.78, 5) is 25.7. The lowest BCUT2D eigenvalue weighted by molar-refractivity contribution is -0.148. The van der Waals surface area contributed by atoms with Crippen molar-refractivity contribution in [1.29, 1.82) is 0 Å². The first-order valence-electron chi connectivity index (χ1n) is 7.40. The Morgan fingerprint density at radius 3 is 2.19 bits per heavy atom. The number of rotatable bonds is 2. The second-order valence-corrected chi connectivity index (χ2v) is 6.82. The number of piperazine rings is 1. The molecule has 2 amide bonds. The smallest absolute Gasteiger partial charge is 0.245 e. The van der Waals surface area contributed by atoms with Crippen LogP contribution in [0.4, 0.5) is 0 Å². The molecule has 1 aliphatic heterocycles. The predicted molar refractivity (Wildman–Crippen MR) is 82.8 cm³/mol. The highest BCUT2D eigenvalue weighted by Crippen LogP contribution is 2.23. The number of carbonyl (C=O) groups is 2. The summed E-state index contributed by atoms with van der Waals surface area (Å²) < 4.78 is 0. The Morgan fingerprint density at radius 1 is 1.10 bits per heavy atom. The molecule has 4 nitrogen and oxygen atoms in total. The summed E-state index contributed by atoms with van der Waals surface area (Å²) in [5.41, 5.74) is 2.42. The molecular weight excluding hydrogens is 264 g/mol. The van der Waals surface area contributed by atoms with E-state index >= 15 is 0 Å². The van der Waals surface area contributed by atoms with Gasteiger partial charge in [-0.3, -0.25) is 9.59 Å². The zero-order valence-corrected chi connectivity index (χ0v) is 13.4. The van der Waals surface area contributed by atoms with E-state index in [0.29, 0.717) is 6.54 Å². The lowest BCUT2D eigenvalue weighted by atomic mass is 9.86. The zero-order chi connectivity index (χ0) is 15.8. The summed E-state index contributed by atoms with van der Waals surface area (Å²) in [6, 6.07) is 7.41. The molecule has 0 radical (unpaired) electrons. The Balaban J connectivity index is 2.17. The van der Waals surface area contributed by atoms with E-state index in [0.717, 1.165) is 5.56 Å². The lowest BCUT2D eigenvalue weighted by Gasteiger charge is -2.36. The minimum atomic E-state index is -0.442. The Labute approximate surface area is 126 Å². The quantitative estimate of drug-likeness (QED) is 0.907. The molecule has 2 rings (SSSR count). The molecular formula is C17H24N2O2. The molecule has 2 unspecified atom stereocenters. The molecule has 114 valence electrons. The van der Waals surface area contributed by atoms with Crippen LogP contribution in [0, 0.1) is 0 Å². The third kappa shape index (κ3) is 3.26. The summed E-state index contributed by atoms with van der Waals surface area (Å²) in [5.74, 6) is -0.115. The Hall–Kier alpha value is -1.84. The molecule has 0 aromatic heterocycles. The van der Waals surface area contributed by atoms with Crippen molar-refractivity contribution in [2.75, 3.05) is 0 Å². The SMILES string of the molecule is CC1NC(=O)C(C)N(Cc2ccc(C(C)(C)C)cc2)C1=O. The number of nitrogens with one attached hydrogen (secondary N) is 1. The van der Waals surface area contributed by atoms with E-state index in [2.05, 4.69) is 38.2 Å². The average Bonchev–Trinajstić information content (AvgIpc) is 2.41. The summed E-state index contributed by atoms with van der Waals surface area (Å²) in [6.07, 6.45) is 0. The largest absolute Gasteiger partial charge is 0.343 e. The highest BCUT2D eigenvalue weighted by Gasteiger charge is 2.35. The maximum atomic E-state index is 12.2. The first-order valence-corrected chi connectivity index (χ1v) is 7.40. The van der Waals surface area contributed by atoms with Crippen LogP contribution in [-0.4, -0.2) is 28.8 Å². The van der Waals surface area contributed by atoms with Crippen LogP contribution in [0.1, 0.15) is 45.7 Å². The highest BCUT2D eigenvalue weighted by molar-refractivity contribution is 5.96.